The summed E-state index contributed by atoms with van der Waals surface area (Å²) >= 11 is 0. The summed E-state index contributed by atoms with van der Waals surface area (Å²) in [5, 5.41) is 11.6. The SMILES string of the molecule is CNc1nc(N(CCO)C2CCC2)cc(C(F)(F)F)n1. The number of anilines is 2. The lowest BCUT2D eigenvalue weighted by atomic mass is 9.91. The van der Waals surface area contributed by atoms with E-state index in [2.05, 4.69) is 15.3 Å². The van der Waals surface area contributed by atoms with Crippen LogP contribution in [0.25, 0.3) is 0 Å². The summed E-state index contributed by atoms with van der Waals surface area (Å²) in [4.78, 5) is 9.24. The molecule has 1 aromatic heterocycles. The number of aliphatic hydroxyl groups excluding tert-OH is 1. The highest BCUT2D eigenvalue weighted by atomic mass is 19.4. The van der Waals surface area contributed by atoms with Crippen molar-refractivity contribution in [3.05, 3.63) is 11.8 Å². The molecule has 2 rings (SSSR count). The topological polar surface area (TPSA) is 61.3 Å². The number of alkyl halides is 3. The summed E-state index contributed by atoms with van der Waals surface area (Å²) in [6.45, 7) is 0.138. The van der Waals surface area contributed by atoms with E-state index in [1.54, 1.807) is 4.90 Å². The molecule has 1 aliphatic carbocycles. The molecule has 0 aromatic carbocycles. The lowest BCUT2D eigenvalue weighted by molar-refractivity contribution is -0.141. The van der Waals surface area contributed by atoms with Gasteiger partial charge in [0.15, 0.2) is 5.69 Å². The van der Waals surface area contributed by atoms with Crippen LogP contribution in [0.1, 0.15) is 25.0 Å². The Balaban J connectivity index is 2.37. The molecule has 1 heterocycles. The largest absolute Gasteiger partial charge is 0.433 e. The van der Waals surface area contributed by atoms with Gasteiger partial charge < -0.3 is 15.3 Å². The van der Waals surface area contributed by atoms with Crippen LogP contribution in [-0.4, -0.2) is 41.3 Å². The first-order valence-corrected chi connectivity index (χ1v) is 6.47. The maximum atomic E-state index is 12.8. The number of hydrogen-bond acceptors (Lipinski definition) is 5. The van der Waals surface area contributed by atoms with Gasteiger partial charge in [-0.3, -0.25) is 0 Å². The average Bonchev–Trinajstić information content (AvgIpc) is 2.34. The van der Waals surface area contributed by atoms with Crippen molar-refractivity contribution in [2.24, 2.45) is 0 Å². The van der Waals surface area contributed by atoms with Gasteiger partial charge in [0.25, 0.3) is 0 Å². The Kier molecular flexibility index (Phi) is 4.32. The third kappa shape index (κ3) is 3.12. The highest BCUT2D eigenvalue weighted by Gasteiger charge is 2.35. The van der Waals surface area contributed by atoms with Crippen molar-refractivity contribution < 1.29 is 18.3 Å². The van der Waals surface area contributed by atoms with E-state index in [1.165, 1.54) is 7.05 Å². The van der Waals surface area contributed by atoms with E-state index in [0.717, 1.165) is 25.3 Å². The fourth-order valence-corrected chi connectivity index (χ4v) is 2.13. The average molecular weight is 290 g/mol. The Bertz CT molecular complexity index is 463. The van der Waals surface area contributed by atoms with Crippen molar-refractivity contribution in [3.63, 3.8) is 0 Å². The molecule has 1 fully saturated rings. The minimum Gasteiger partial charge on any atom is -0.395 e. The summed E-state index contributed by atoms with van der Waals surface area (Å²) in [6, 6.07) is 1.08. The van der Waals surface area contributed by atoms with Crippen molar-refractivity contribution in [2.75, 3.05) is 30.4 Å². The van der Waals surface area contributed by atoms with Gasteiger partial charge in [-0.2, -0.15) is 18.2 Å². The molecule has 0 bridgehead atoms. The molecule has 0 unspecified atom stereocenters. The standard InChI is InChI=1S/C12H17F3N4O/c1-16-11-17-9(12(13,14)15)7-10(18-11)19(5-6-20)8-3-2-4-8/h7-8,20H,2-6H2,1H3,(H,16,17,18). The highest BCUT2D eigenvalue weighted by Crippen LogP contribution is 2.33. The van der Waals surface area contributed by atoms with Gasteiger partial charge in [0.1, 0.15) is 5.82 Å². The van der Waals surface area contributed by atoms with Gasteiger partial charge in [0.2, 0.25) is 5.95 Å². The summed E-state index contributed by atoms with van der Waals surface area (Å²) in [7, 11) is 1.47. The minimum absolute atomic E-state index is 0.0721. The van der Waals surface area contributed by atoms with E-state index < -0.39 is 11.9 Å². The molecule has 5 nitrogen and oxygen atoms in total. The number of aliphatic hydroxyl groups is 1. The quantitative estimate of drug-likeness (QED) is 0.867. The molecule has 0 spiro atoms. The van der Waals surface area contributed by atoms with E-state index in [0.29, 0.717) is 0 Å². The van der Waals surface area contributed by atoms with Crippen LogP contribution in [0.5, 0.6) is 0 Å². The lowest BCUT2D eigenvalue weighted by Gasteiger charge is -2.38. The summed E-state index contributed by atoms with van der Waals surface area (Å²) in [5.74, 6) is 0.132. The van der Waals surface area contributed by atoms with Crippen LogP contribution in [0.3, 0.4) is 0 Å². The maximum absolute atomic E-state index is 12.8. The molecule has 0 saturated heterocycles. The van der Waals surface area contributed by atoms with Crippen LogP contribution in [0.2, 0.25) is 0 Å². The molecule has 1 aromatic rings. The number of halogens is 3. The molecular formula is C12H17F3N4O. The van der Waals surface area contributed by atoms with Crippen molar-refractivity contribution in [1.82, 2.24) is 9.97 Å². The number of nitrogens with zero attached hydrogens (tertiary/aromatic N) is 3. The van der Waals surface area contributed by atoms with Crippen molar-refractivity contribution in [3.8, 4) is 0 Å². The maximum Gasteiger partial charge on any atom is 0.433 e. The Labute approximate surface area is 114 Å². The normalized spacial score (nSPS) is 15.8. The van der Waals surface area contributed by atoms with Crippen molar-refractivity contribution >= 4 is 11.8 Å². The number of rotatable bonds is 5. The number of nitrogens with one attached hydrogen (secondary N) is 1. The van der Waals surface area contributed by atoms with Gasteiger partial charge >= 0.3 is 6.18 Å². The second kappa shape index (κ2) is 5.82. The fraction of sp³-hybridized carbons (Fsp3) is 0.667. The van der Waals surface area contributed by atoms with Gasteiger partial charge in [-0.15, -0.1) is 0 Å². The van der Waals surface area contributed by atoms with Crippen LogP contribution in [-0.2, 0) is 6.18 Å². The fourth-order valence-electron chi connectivity index (χ4n) is 2.13. The zero-order valence-corrected chi connectivity index (χ0v) is 11.1. The smallest absolute Gasteiger partial charge is 0.395 e. The van der Waals surface area contributed by atoms with Gasteiger partial charge in [0.05, 0.1) is 6.61 Å². The molecule has 1 aliphatic rings. The van der Waals surface area contributed by atoms with Gasteiger partial charge in [0, 0.05) is 25.7 Å². The van der Waals surface area contributed by atoms with Crippen LogP contribution in [0, 0.1) is 0 Å². The first kappa shape index (κ1) is 14.8. The van der Waals surface area contributed by atoms with E-state index in [9.17, 15) is 13.2 Å². The van der Waals surface area contributed by atoms with Crippen LogP contribution in [0.15, 0.2) is 6.07 Å². The third-order valence-corrected chi connectivity index (χ3v) is 3.38. The van der Waals surface area contributed by atoms with Gasteiger partial charge in [-0.25, -0.2) is 4.98 Å². The molecule has 0 atom stereocenters. The van der Waals surface area contributed by atoms with Crippen molar-refractivity contribution in [2.45, 2.75) is 31.5 Å². The van der Waals surface area contributed by atoms with E-state index in [-0.39, 0.29) is 31.0 Å². The Morgan fingerprint density at radius 3 is 2.55 bits per heavy atom. The highest BCUT2D eigenvalue weighted by molar-refractivity contribution is 5.46. The molecule has 112 valence electrons. The Morgan fingerprint density at radius 2 is 2.10 bits per heavy atom. The summed E-state index contributed by atoms with van der Waals surface area (Å²) in [6.07, 6.45) is -1.67. The number of aromatic nitrogens is 2. The lowest BCUT2D eigenvalue weighted by Crippen LogP contribution is -2.42. The molecule has 20 heavy (non-hydrogen) atoms. The number of hydrogen-bond donors (Lipinski definition) is 2. The summed E-state index contributed by atoms with van der Waals surface area (Å²) < 4.78 is 38.5. The molecule has 8 heteroatoms. The first-order chi connectivity index (χ1) is 9.45. The molecular weight excluding hydrogens is 273 g/mol. The predicted octanol–water partition coefficient (Wildman–Crippen LogP) is 1.89. The zero-order chi connectivity index (χ0) is 14.8. The van der Waals surface area contributed by atoms with Crippen molar-refractivity contribution in [1.29, 1.82) is 0 Å². The zero-order valence-electron chi connectivity index (χ0n) is 11.1. The van der Waals surface area contributed by atoms with E-state index >= 15 is 0 Å². The van der Waals surface area contributed by atoms with Gasteiger partial charge in [-0.1, -0.05) is 0 Å². The molecule has 0 amide bonds. The van der Waals surface area contributed by atoms with Crippen LogP contribution < -0.4 is 10.2 Å². The third-order valence-electron chi connectivity index (χ3n) is 3.38. The van der Waals surface area contributed by atoms with E-state index in [1.807, 2.05) is 0 Å². The first-order valence-electron chi connectivity index (χ1n) is 6.47. The predicted molar refractivity (Wildman–Crippen MR) is 68.7 cm³/mol. The minimum atomic E-state index is -4.52. The van der Waals surface area contributed by atoms with E-state index in [4.69, 9.17) is 5.11 Å². The summed E-state index contributed by atoms with van der Waals surface area (Å²) in [5.41, 5.74) is -0.978. The molecule has 0 radical (unpaired) electrons. The second-order valence-electron chi connectivity index (χ2n) is 4.68. The Morgan fingerprint density at radius 1 is 1.40 bits per heavy atom. The molecule has 0 aliphatic heterocycles. The second-order valence-corrected chi connectivity index (χ2v) is 4.68. The Hall–Kier alpha value is -1.57. The van der Waals surface area contributed by atoms with Crippen LogP contribution >= 0.6 is 0 Å². The van der Waals surface area contributed by atoms with Crippen LogP contribution in [0.4, 0.5) is 24.9 Å². The van der Waals surface area contributed by atoms with Gasteiger partial charge in [-0.05, 0) is 19.3 Å². The molecule has 2 N–H and O–H groups in total. The molecule has 1 saturated carbocycles. The monoisotopic (exact) mass is 290 g/mol.